The molecule has 0 radical (unpaired) electrons. The van der Waals surface area contributed by atoms with Gasteiger partial charge in [0.15, 0.2) is 0 Å². The van der Waals surface area contributed by atoms with Crippen LogP contribution in [-0.2, 0) is 9.59 Å². The molecule has 0 saturated carbocycles. The van der Waals surface area contributed by atoms with Crippen LogP contribution >= 0.6 is 34.8 Å². The minimum atomic E-state index is -0.491. The second-order valence-corrected chi connectivity index (χ2v) is 7.06. The molecule has 5 nitrogen and oxygen atoms in total. The summed E-state index contributed by atoms with van der Waals surface area (Å²) < 4.78 is 5.11. The molecule has 1 atom stereocenters. The zero-order valence-corrected chi connectivity index (χ0v) is 16.0. The van der Waals surface area contributed by atoms with Gasteiger partial charge in [0, 0.05) is 18.7 Å². The molecule has 0 spiro atoms. The molecule has 1 N–H and O–H groups in total. The molecule has 1 aliphatic rings. The van der Waals surface area contributed by atoms with Crippen molar-refractivity contribution in [1.29, 1.82) is 0 Å². The summed E-state index contributed by atoms with van der Waals surface area (Å²) >= 11 is 17.9. The fraction of sp³-hybridized carbons (Fsp3) is 0.222. The van der Waals surface area contributed by atoms with E-state index in [2.05, 4.69) is 5.32 Å². The Morgan fingerprint density at radius 3 is 2.42 bits per heavy atom. The molecule has 2 amide bonds. The fourth-order valence-electron chi connectivity index (χ4n) is 2.75. The van der Waals surface area contributed by atoms with Gasteiger partial charge in [-0.3, -0.25) is 9.59 Å². The molecule has 2 aromatic carbocycles. The lowest BCUT2D eigenvalue weighted by Gasteiger charge is -2.17. The second-order valence-electron chi connectivity index (χ2n) is 5.84. The maximum atomic E-state index is 12.5. The molecule has 1 aliphatic heterocycles. The van der Waals surface area contributed by atoms with Crippen LogP contribution in [0.3, 0.4) is 0 Å². The van der Waals surface area contributed by atoms with Gasteiger partial charge >= 0.3 is 0 Å². The Kier molecular flexibility index (Phi) is 5.61. The summed E-state index contributed by atoms with van der Waals surface area (Å²) in [6, 6.07) is 10.1. The highest BCUT2D eigenvalue weighted by Gasteiger charge is 2.35. The molecule has 8 heteroatoms. The van der Waals surface area contributed by atoms with Crippen LogP contribution in [0.5, 0.6) is 5.75 Å². The lowest BCUT2D eigenvalue weighted by molar-refractivity contribution is -0.122. The number of amides is 2. The number of hydrogen-bond acceptors (Lipinski definition) is 3. The largest absolute Gasteiger partial charge is 0.497 e. The minimum Gasteiger partial charge on any atom is -0.497 e. The van der Waals surface area contributed by atoms with Crippen molar-refractivity contribution in [3.8, 4) is 5.75 Å². The van der Waals surface area contributed by atoms with E-state index in [0.29, 0.717) is 16.5 Å². The highest BCUT2D eigenvalue weighted by Crippen LogP contribution is 2.33. The predicted molar refractivity (Wildman–Crippen MR) is 104 cm³/mol. The summed E-state index contributed by atoms with van der Waals surface area (Å²) in [5.41, 5.74) is 1.08. The fourth-order valence-corrected chi connectivity index (χ4v) is 3.34. The Bertz CT molecular complexity index is 856. The molecule has 0 aromatic heterocycles. The van der Waals surface area contributed by atoms with Crippen LogP contribution in [0.15, 0.2) is 36.4 Å². The van der Waals surface area contributed by atoms with Gasteiger partial charge in [-0.2, -0.15) is 0 Å². The summed E-state index contributed by atoms with van der Waals surface area (Å²) in [5, 5.41) is 3.59. The third-order valence-corrected chi connectivity index (χ3v) is 5.18. The molecule has 136 valence electrons. The number of hydrogen-bond donors (Lipinski definition) is 1. The molecule has 0 unspecified atom stereocenters. The molecule has 1 fully saturated rings. The van der Waals surface area contributed by atoms with Gasteiger partial charge in [0.25, 0.3) is 0 Å². The number of rotatable bonds is 4. The molecule has 0 bridgehead atoms. The number of ether oxygens (including phenoxy) is 1. The third kappa shape index (κ3) is 3.90. The van der Waals surface area contributed by atoms with Gasteiger partial charge in [0.2, 0.25) is 11.8 Å². The van der Waals surface area contributed by atoms with Crippen molar-refractivity contribution in [3.63, 3.8) is 0 Å². The van der Waals surface area contributed by atoms with E-state index in [0.717, 1.165) is 5.69 Å². The molecule has 0 aliphatic carbocycles. The van der Waals surface area contributed by atoms with Crippen molar-refractivity contribution in [2.24, 2.45) is 5.92 Å². The smallest absolute Gasteiger partial charge is 0.229 e. The average Bonchev–Trinajstić information content (AvgIpc) is 3.01. The normalized spacial score (nSPS) is 16.7. The zero-order valence-electron chi connectivity index (χ0n) is 13.8. The number of carbonyl (C=O) groups is 2. The number of anilines is 2. The number of carbonyl (C=O) groups excluding carboxylic acids is 2. The van der Waals surface area contributed by atoms with Crippen molar-refractivity contribution in [3.05, 3.63) is 51.5 Å². The molecule has 26 heavy (non-hydrogen) atoms. The molecule has 1 saturated heterocycles. The molecular formula is C18H15Cl3N2O3. The third-order valence-electron chi connectivity index (χ3n) is 4.15. The van der Waals surface area contributed by atoms with Crippen LogP contribution in [0.4, 0.5) is 11.4 Å². The van der Waals surface area contributed by atoms with E-state index >= 15 is 0 Å². The maximum absolute atomic E-state index is 12.5. The summed E-state index contributed by atoms with van der Waals surface area (Å²) in [5.74, 6) is -0.204. The predicted octanol–water partition coefficient (Wildman–Crippen LogP) is 4.65. The first kappa shape index (κ1) is 18.8. The Morgan fingerprint density at radius 1 is 1.12 bits per heavy atom. The van der Waals surface area contributed by atoms with Gasteiger partial charge < -0.3 is 15.0 Å². The lowest BCUT2D eigenvalue weighted by atomic mass is 10.1. The van der Waals surface area contributed by atoms with Crippen molar-refractivity contribution in [2.75, 3.05) is 23.9 Å². The first-order valence-electron chi connectivity index (χ1n) is 7.79. The Morgan fingerprint density at radius 2 is 1.77 bits per heavy atom. The molecule has 1 heterocycles. The van der Waals surface area contributed by atoms with E-state index in [9.17, 15) is 9.59 Å². The minimum absolute atomic E-state index is 0.115. The van der Waals surface area contributed by atoms with Crippen molar-refractivity contribution in [1.82, 2.24) is 0 Å². The Labute approximate surface area is 165 Å². The van der Waals surface area contributed by atoms with E-state index < -0.39 is 5.92 Å². The first-order valence-corrected chi connectivity index (χ1v) is 8.92. The standard InChI is InChI=1S/C18H15Cl3N2O3/c1-26-12-4-2-11(3-5-12)23-9-10(6-17(23)24)18(25)22-16-8-14(20)13(19)7-15(16)21/h2-5,7-8,10H,6,9H2,1H3,(H,22,25)/t10-/m0/s1. The Hall–Kier alpha value is -1.95. The molecular weight excluding hydrogens is 399 g/mol. The monoisotopic (exact) mass is 412 g/mol. The molecule has 2 aromatic rings. The number of methoxy groups -OCH3 is 1. The van der Waals surface area contributed by atoms with Gasteiger partial charge in [0.05, 0.1) is 33.8 Å². The average molecular weight is 414 g/mol. The second kappa shape index (κ2) is 7.74. The summed E-state index contributed by atoms with van der Waals surface area (Å²) in [6.07, 6.45) is 0.122. The van der Waals surface area contributed by atoms with E-state index in [1.807, 2.05) is 0 Å². The summed E-state index contributed by atoms with van der Waals surface area (Å²) in [4.78, 5) is 26.4. The highest BCUT2D eigenvalue weighted by molar-refractivity contribution is 6.44. The van der Waals surface area contributed by atoms with Crippen LogP contribution in [0.1, 0.15) is 6.42 Å². The van der Waals surface area contributed by atoms with Gasteiger partial charge in [-0.25, -0.2) is 0 Å². The van der Waals surface area contributed by atoms with E-state index in [1.54, 1.807) is 36.3 Å². The van der Waals surface area contributed by atoms with Crippen LogP contribution in [0.25, 0.3) is 0 Å². The zero-order chi connectivity index (χ0) is 18.8. The highest BCUT2D eigenvalue weighted by atomic mass is 35.5. The van der Waals surface area contributed by atoms with Crippen LogP contribution < -0.4 is 15.0 Å². The quantitative estimate of drug-likeness (QED) is 0.742. The first-order chi connectivity index (χ1) is 12.4. The van der Waals surface area contributed by atoms with E-state index in [-0.39, 0.29) is 34.8 Å². The number of nitrogens with zero attached hydrogens (tertiary/aromatic N) is 1. The number of halogens is 3. The van der Waals surface area contributed by atoms with Crippen LogP contribution in [0.2, 0.25) is 15.1 Å². The van der Waals surface area contributed by atoms with Crippen molar-refractivity contribution < 1.29 is 14.3 Å². The van der Waals surface area contributed by atoms with Crippen LogP contribution in [-0.4, -0.2) is 25.5 Å². The van der Waals surface area contributed by atoms with Crippen molar-refractivity contribution >= 4 is 58.0 Å². The van der Waals surface area contributed by atoms with E-state index in [1.165, 1.54) is 12.1 Å². The summed E-state index contributed by atoms with van der Waals surface area (Å²) in [6.45, 7) is 0.288. The lowest BCUT2D eigenvalue weighted by Crippen LogP contribution is -2.28. The Balaban J connectivity index is 1.71. The van der Waals surface area contributed by atoms with Gasteiger partial charge in [-0.05, 0) is 36.4 Å². The van der Waals surface area contributed by atoms with Crippen LogP contribution in [0, 0.1) is 5.92 Å². The SMILES string of the molecule is COc1ccc(N2C[C@@H](C(=O)Nc3cc(Cl)c(Cl)cc3Cl)CC2=O)cc1. The number of nitrogens with one attached hydrogen (secondary N) is 1. The van der Waals surface area contributed by atoms with Gasteiger partial charge in [-0.15, -0.1) is 0 Å². The molecule has 3 rings (SSSR count). The van der Waals surface area contributed by atoms with E-state index in [4.69, 9.17) is 39.5 Å². The van der Waals surface area contributed by atoms with Gasteiger partial charge in [0.1, 0.15) is 5.75 Å². The topological polar surface area (TPSA) is 58.6 Å². The number of benzene rings is 2. The van der Waals surface area contributed by atoms with Gasteiger partial charge in [-0.1, -0.05) is 34.8 Å². The summed E-state index contributed by atoms with van der Waals surface area (Å²) in [7, 11) is 1.57. The maximum Gasteiger partial charge on any atom is 0.229 e. The van der Waals surface area contributed by atoms with Crippen molar-refractivity contribution in [2.45, 2.75) is 6.42 Å².